The second kappa shape index (κ2) is 6.87. The summed E-state index contributed by atoms with van der Waals surface area (Å²) in [7, 11) is 9.12. The molecule has 0 aromatic rings. The fourth-order valence-corrected chi connectivity index (χ4v) is 8.28. The number of hydrogen-bond donors (Lipinski definition) is 0. The Morgan fingerprint density at radius 1 is 0.963 bits per heavy atom. The summed E-state index contributed by atoms with van der Waals surface area (Å²) < 4.78 is 0. The molecule has 4 aliphatic rings. The molecule has 8 atom stereocenters. The summed E-state index contributed by atoms with van der Waals surface area (Å²) in [5.74, 6) is 3.76. The van der Waals surface area contributed by atoms with Gasteiger partial charge in [0.2, 0.25) is 0 Å². The highest BCUT2D eigenvalue weighted by Crippen LogP contribution is 2.66. The van der Waals surface area contributed by atoms with E-state index in [0.717, 1.165) is 35.8 Å². The molecule has 0 saturated heterocycles. The Labute approximate surface area is 168 Å². The van der Waals surface area contributed by atoms with Crippen molar-refractivity contribution in [3.05, 3.63) is 11.6 Å². The van der Waals surface area contributed by atoms with Crippen molar-refractivity contribution in [1.29, 1.82) is 0 Å². The number of hydrogen-bond acceptors (Lipinski definition) is 2. The monoisotopic (exact) mass is 372 g/mol. The molecular weight excluding hydrogens is 328 g/mol. The zero-order valence-corrected chi connectivity index (χ0v) is 19.1. The topological polar surface area (TPSA) is 6.48 Å². The average Bonchev–Trinajstić information content (AvgIpc) is 2.97. The first-order valence-electron chi connectivity index (χ1n) is 11.7. The molecule has 0 heterocycles. The van der Waals surface area contributed by atoms with Crippen molar-refractivity contribution in [3.8, 4) is 0 Å². The second-order valence-electron chi connectivity index (χ2n) is 11.6. The first-order chi connectivity index (χ1) is 12.7. The first-order valence-corrected chi connectivity index (χ1v) is 11.7. The molecule has 0 aliphatic heterocycles. The van der Waals surface area contributed by atoms with Crippen molar-refractivity contribution in [2.75, 3.05) is 28.2 Å². The summed E-state index contributed by atoms with van der Waals surface area (Å²) in [6, 6.07) is 1.49. The van der Waals surface area contributed by atoms with Crippen LogP contribution in [0, 0.1) is 34.5 Å². The van der Waals surface area contributed by atoms with Crippen LogP contribution in [-0.2, 0) is 0 Å². The van der Waals surface area contributed by atoms with Crippen molar-refractivity contribution in [3.63, 3.8) is 0 Å². The maximum atomic E-state index is 2.73. The van der Waals surface area contributed by atoms with Gasteiger partial charge in [0.15, 0.2) is 0 Å². The van der Waals surface area contributed by atoms with E-state index in [1.165, 1.54) is 51.4 Å². The van der Waals surface area contributed by atoms with E-state index in [4.69, 9.17) is 0 Å². The zero-order chi connectivity index (χ0) is 19.6. The quantitative estimate of drug-likeness (QED) is 0.608. The fourth-order valence-electron chi connectivity index (χ4n) is 8.28. The summed E-state index contributed by atoms with van der Waals surface area (Å²) in [5, 5.41) is 0. The van der Waals surface area contributed by atoms with Gasteiger partial charge >= 0.3 is 0 Å². The van der Waals surface area contributed by atoms with Crippen LogP contribution in [0.4, 0.5) is 0 Å². The Bertz CT molecular complexity index is 593. The highest BCUT2D eigenvalue weighted by atomic mass is 15.1. The van der Waals surface area contributed by atoms with E-state index < -0.39 is 0 Å². The van der Waals surface area contributed by atoms with Gasteiger partial charge in [0, 0.05) is 12.1 Å². The molecule has 154 valence electrons. The minimum atomic E-state index is 0.502. The molecular formula is C25H44N2. The van der Waals surface area contributed by atoms with Crippen molar-refractivity contribution in [2.45, 2.75) is 84.2 Å². The normalized spacial score (nSPS) is 48.0. The molecule has 2 heteroatoms. The third-order valence-corrected chi connectivity index (χ3v) is 10.3. The summed E-state index contributed by atoms with van der Waals surface area (Å²) in [6.45, 7) is 7.81. The summed E-state index contributed by atoms with van der Waals surface area (Å²) in [6.07, 6.45) is 14.1. The molecule has 4 aliphatic carbocycles. The Morgan fingerprint density at radius 2 is 1.70 bits per heavy atom. The van der Waals surface area contributed by atoms with Gasteiger partial charge in [-0.25, -0.2) is 0 Å². The molecule has 27 heavy (non-hydrogen) atoms. The molecule has 3 fully saturated rings. The van der Waals surface area contributed by atoms with Gasteiger partial charge < -0.3 is 9.80 Å². The van der Waals surface area contributed by atoms with Gasteiger partial charge in [-0.2, -0.15) is 0 Å². The van der Waals surface area contributed by atoms with Crippen LogP contribution in [0.5, 0.6) is 0 Å². The van der Waals surface area contributed by atoms with Gasteiger partial charge in [-0.1, -0.05) is 25.5 Å². The lowest BCUT2D eigenvalue weighted by molar-refractivity contribution is -0.0550. The Kier molecular flexibility index (Phi) is 5.08. The third kappa shape index (κ3) is 2.96. The number of nitrogens with zero attached hydrogens (tertiary/aromatic N) is 2. The predicted octanol–water partition coefficient (Wildman–Crippen LogP) is 5.45. The van der Waals surface area contributed by atoms with Crippen LogP contribution in [0.3, 0.4) is 0 Å². The van der Waals surface area contributed by atoms with Crippen LogP contribution in [0.2, 0.25) is 0 Å². The first kappa shape index (κ1) is 20.0. The van der Waals surface area contributed by atoms with E-state index in [1.807, 2.05) is 5.57 Å². The van der Waals surface area contributed by atoms with E-state index in [9.17, 15) is 0 Å². The average molecular weight is 373 g/mol. The van der Waals surface area contributed by atoms with E-state index in [1.54, 1.807) is 0 Å². The van der Waals surface area contributed by atoms with E-state index in [-0.39, 0.29) is 0 Å². The SMILES string of the molecule is CC([C@H]1CC[C@H]2[C@@H]3CC=C4CC(N(C)C)CC[C@]4(C)[C@H]3CC[C@]12C)N(C)C. The lowest BCUT2D eigenvalue weighted by Crippen LogP contribution is -2.52. The minimum Gasteiger partial charge on any atom is -0.306 e. The zero-order valence-electron chi connectivity index (χ0n) is 19.1. The molecule has 0 N–H and O–H groups in total. The largest absolute Gasteiger partial charge is 0.306 e. The van der Waals surface area contributed by atoms with Crippen LogP contribution in [-0.4, -0.2) is 50.1 Å². The van der Waals surface area contributed by atoms with Gasteiger partial charge in [0.05, 0.1) is 0 Å². The van der Waals surface area contributed by atoms with Gasteiger partial charge in [-0.15, -0.1) is 0 Å². The standard InChI is InChI=1S/C25H44N2/c1-17(26(4)5)21-10-11-22-20-9-8-18-16-19(27(6)7)12-14-24(18,2)23(20)13-15-25(21,22)3/h8,17,19-23H,9-16H2,1-7H3/t17?,19?,20-,21+,22-,23-,24-,25+/m0/s1. The van der Waals surface area contributed by atoms with Crippen molar-refractivity contribution in [2.24, 2.45) is 34.5 Å². The van der Waals surface area contributed by atoms with Crippen molar-refractivity contribution >= 4 is 0 Å². The molecule has 0 bridgehead atoms. The molecule has 3 saturated carbocycles. The van der Waals surface area contributed by atoms with Crippen molar-refractivity contribution in [1.82, 2.24) is 9.80 Å². The highest BCUT2D eigenvalue weighted by Gasteiger charge is 2.59. The number of rotatable bonds is 3. The molecule has 0 aromatic carbocycles. The van der Waals surface area contributed by atoms with E-state index >= 15 is 0 Å². The highest BCUT2D eigenvalue weighted by molar-refractivity contribution is 5.26. The maximum Gasteiger partial charge on any atom is 0.0127 e. The van der Waals surface area contributed by atoms with Gasteiger partial charge in [-0.05, 0) is 121 Å². The summed E-state index contributed by atoms with van der Waals surface area (Å²) >= 11 is 0. The van der Waals surface area contributed by atoms with E-state index in [0.29, 0.717) is 10.8 Å². The van der Waals surface area contributed by atoms with Crippen LogP contribution >= 0.6 is 0 Å². The minimum absolute atomic E-state index is 0.502. The maximum absolute atomic E-state index is 2.73. The molecule has 0 radical (unpaired) electrons. The number of fused-ring (bicyclic) bond motifs is 5. The fraction of sp³-hybridized carbons (Fsp3) is 0.920. The van der Waals surface area contributed by atoms with E-state index in [2.05, 4.69) is 64.8 Å². The third-order valence-electron chi connectivity index (χ3n) is 10.3. The predicted molar refractivity (Wildman–Crippen MR) is 116 cm³/mol. The van der Waals surface area contributed by atoms with Gasteiger partial charge in [-0.3, -0.25) is 0 Å². The van der Waals surface area contributed by atoms with Crippen LogP contribution in [0.1, 0.15) is 72.1 Å². The Hall–Kier alpha value is -0.340. The molecule has 2 nitrogen and oxygen atoms in total. The molecule has 0 spiro atoms. The smallest absolute Gasteiger partial charge is 0.0127 e. The Morgan fingerprint density at radius 3 is 2.37 bits per heavy atom. The van der Waals surface area contributed by atoms with Gasteiger partial charge in [0.25, 0.3) is 0 Å². The molecule has 0 aromatic heterocycles. The molecule has 2 unspecified atom stereocenters. The Balaban J connectivity index is 1.59. The second-order valence-corrected chi connectivity index (χ2v) is 11.6. The summed E-state index contributed by atoms with van der Waals surface area (Å²) in [5.41, 5.74) is 2.91. The lowest BCUT2D eigenvalue weighted by atomic mass is 9.47. The van der Waals surface area contributed by atoms with Crippen molar-refractivity contribution < 1.29 is 0 Å². The van der Waals surface area contributed by atoms with Gasteiger partial charge in [0.1, 0.15) is 0 Å². The van der Waals surface area contributed by atoms with Crippen LogP contribution in [0.25, 0.3) is 0 Å². The van der Waals surface area contributed by atoms with Crippen LogP contribution in [0.15, 0.2) is 11.6 Å². The summed E-state index contributed by atoms with van der Waals surface area (Å²) in [4.78, 5) is 4.95. The van der Waals surface area contributed by atoms with Crippen LogP contribution < -0.4 is 0 Å². The molecule has 4 rings (SSSR count). The lowest BCUT2D eigenvalue weighted by Gasteiger charge is -2.59. The number of allylic oxidation sites excluding steroid dienone is 1. The molecule has 0 amide bonds.